The van der Waals surface area contributed by atoms with Crippen molar-refractivity contribution in [3.05, 3.63) is 72.3 Å². The summed E-state index contributed by atoms with van der Waals surface area (Å²) in [7, 11) is -3.51. The molecule has 3 aromatic rings. The average Bonchev–Trinajstić information content (AvgIpc) is 3.40. The molecule has 0 aromatic heterocycles. The predicted octanol–water partition coefficient (Wildman–Crippen LogP) is 4.70. The van der Waals surface area contributed by atoms with Gasteiger partial charge in [0, 0.05) is 24.7 Å². The zero-order valence-corrected chi connectivity index (χ0v) is 20.7. The fraction of sp³-hybridized carbons (Fsp3) is 0.429. The van der Waals surface area contributed by atoms with Crippen molar-refractivity contribution in [2.24, 2.45) is 5.92 Å². The maximum absolute atomic E-state index is 13.8. The molecule has 2 fully saturated rings. The minimum Gasteiger partial charge on any atom is -0.494 e. The van der Waals surface area contributed by atoms with Gasteiger partial charge in [-0.2, -0.15) is 0 Å². The molecule has 6 heteroatoms. The number of ether oxygens (including phenoxy) is 1. The lowest BCUT2D eigenvalue weighted by molar-refractivity contribution is 0.309. The molecule has 0 aliphatic carbocycles. The van der Waals surface area contributed by atoms with Gasteiger partial charge >= 0.3 is 0 Å². The van der Waals surface area contributed by atoms with Gasteiger partial charge < -0.3 is 15.4 Å². The van der Waals surface area contributed by atoms with Gasteiger partial charge in [0.1, 0.15) is 5.75 Å². The quantitative estimate of drug-likeness (QED) is 0.437. The Morgan fingerprint density at radius 3 is 2.56 bits per heavy atom. The smallest absolute Gasteiger partial charge is 0.184 e. The highest BCUT2D eigenvalue weighted by molar-refractivity contribution is 7.92. The number of hydrogen-bond acceptors (Lipinski definition) is 5. The standard InChI is InChI=1S/C28H34N2O3S/c1-3-4-15-33-23-11-13-24(14-12-23)34(31,32)28-26-19(2)16-25(30-26)27(28)29-18-20-9-10-21-7-5-6-8-22(21)17-20/h5-14,17,19,25-30H,3-4,15-16,18H2,1-2H3. The summed E-state index contributed by atoms with van der Waals surface area (Å²) in [5.41, 5.74) is 1.17. The molecule has 2 aliphatic rings. The van der Waals surface area contributed by atoms with Crippen molar-refractivity contribution in [2.75, 3.05) is 6.61 Å². The summed E-state index contributed by atoms with van der Waals surface area (Å²) in [6.45, 7) is 5.57. The molecule has 3 aromatic carbocycles. The van der Waals surface area contributed by atoms with Crippen LogP contribution in [0, 0.1) is 5.92 Å². The third kappa shape index (κ3) is 4.47. The minimum absolute atomic E-state index is 0.0374. The third-order valence-electron chi connectivity index (χ3n) is 7.42. The first-order chi connectivity index (χ1) is 16.5. The molecule has 2 saturated heterocycles. The van der Waals surface area contributed by atoms with Gasteiger partial charge in [-0.25, -0.2) is 8.42 Å². The second kappa shape index (κ2) is 9.68. The van der Waals surface area contributed by atoms with E-state index in [1.54, 1.807) is 24.3 Å². The van der Waals surface area contributed by atoms with Crippen LogP contribution in [0.25, 0.3) is 10.8 Å². The van der Waals surface area contributed by atoms with Crippen LogP contribution in [0.15, 0.2) is 71.6 Å². The van der Waals surface area contributed by atoms with Crippen LogP contribution in [0.3, 0.4) is 0 Å². The number of fused-ring (bicyclic) bond motifs is 3. The second-order valence-corrected chi connectivity index (χ2v) is 11.9. The van der Waals surface area contributed by atoms with E-state index in [-0.39, 0.29) is 18.1 Å². The van der Waals surface area contributed by atoms with E-state index in [9.17, 15) is 8.42 Å². The fourth-order valence-electron chi connectivity index (χ4n) is 5.59. The molecule has 0 saturated carbocycles. The molecule has 2 N–H and O–H groups in total. The van der Waals surface area contributed by atoms with Crippen LogP contribution in [0.4, 0.5) is 0 Å². The number of unbranched alkanes of at least 4 members (excludes halogenated alkanes) is 1. The maximum Gasteiger partial charge on any atom is 0.184 e. The van der Waals surface area contributed by atoms with Crippen molar-refractivity contribution in [1.82, 2.24) is 10.6 Å². The van der Waals surface area contributed by atoms with Crippen LogP contribution in [0.5, 0.6) is 5.75 Å². The SMILES string of the molecule is CCCCOc1ccc(S(=O)(=O)C2C3NC(CC3C)C2NCc2ccc3ccccc3c2)cc1. The molecule has 34 heavy (non-hydrogen) atoms. The van der Waals surface area contributed by atoms with Crippen LogP contribution < -0.4 is 15.4 Å². The van der Waals surface area contributed by atoms with Gasteiger partial charge in [0.15, 0.2) is 9.84 Å². The van der Waals surface area contributed by atoms with E-state index in [0.717, 1.165) is 25.0 Å². The lowest BCUT2D eigenvalue weighted by Gasteiger charge is -2.33. The van der Waals surface area contributed by atoms with E-state index in [0.29, 0.717) is 24.0 Å². The van der Waals surface area contributed by atoms with Gasteiger partial charge in [-0.05, 0) is 65.4 Å². The Morgan fingerprint density at radius 2 is 1.79 bits per heavy atom. The minimum atomic E-state index is -3.51. The lowest BCUT2D eigenvalue weighted by Crippen LogP contribution is -2.52. The normalized spacial score (nSPS) is 26.2. The molecule has 0 amide bonds. The van der Waals surface area contributed by atoms with Gasteiger partial charge in [-0.15, -0.1) is 0 Å². The molecule has 0 radical (unpaired) electrons. The van der Waals surface area contributed by atoms with E-state index in [2.05, 4.69) is 54.8 Å². The molecule has 5 atom stereocenters. The van der Waals surface area contributed by atoms with Gasteiger partial charge in [0.05, 0.1) is 16.8 Å². The summed E-state index contributed by atoms with van der Waals surface area (Å²) in [5, 5.41) is 9.14. The van der Waals surface area contributed by atoms with Crippen molar-refractivity contribution in [2.45, 2.75) is 67.9 Å². The van der Waals surface area contributed by atoms with Crippen LogP contribution in [-0.4, -0.2) is 38.4 Å². The van der Waals surface area contributed by atoms with Crippen LogP contribution in [0.1, 0.15) is 38.7 Å². The Morgan fingerprint density at radius 1 is 1.03 bits per heavy atom. The van der Waals surface area contributed by atoms with Gasteiger partial charge in [-0.1, -0.05) is 56.7 Å². The first-order valence-electron chi connectivity index (χ1n) is 12.4. The van der Waals surface area contributed by atoms with E-state index in [1.165, 1.54) is 16.3 Å². The van der Waals surface area contributed by atoms with Crippen molar-refractivity contribution >= 4 is 20.6 Å². The summed E-state index contributed by atoms with van der Waals surface area (Å²) in [5.74, 6) is 1.05. The van der Waals surface area contributed by atoms with Crippen molar-refractivity contribution in [1.29, 1.82) is 0 Å². The molecule has 2 aliphatic heterocycles. The summed E-state index contributed by atoms with van der Waals surface area (Å²) >= 11 is 0. The summed E-state index contributed by atoms with van der Waals surface area (Å²) in [4.78, 5) is 0.374. The summed E-state index contributed by atoms with van der Waals surface area (Å²) in [6.07, 6.45) is 3.05. The van der Waals surface area contributed by atoms with Crippen molar-refractivity contribution in [3.63, 3.8) is 0 Å². The van der Waals surface area contributed by atoms with Gasteiger partial charge in [0.2, 0.25) is 0 Å². The van der Waals surface area contributed by atoms with E-state index in [4.69, 9.17) is 4.74 Å². The average molecular weight is 479 g/mol. The number of rotatable bonds is 9. The van der Waals surface area contributed by atoms with Gasteiger partial charge in [-0.3, -0.25) is 0 Å². The van der Waals surface area contributed by atoms with Crippen molar-refractivity contribution < 1.29 is 13.2 Å². The van der Waals surface area contributed by atoms with Crippen LogP contribution in [-0.2, 0) is 16.4 Å². The van der Waals surface area contributed by atoms with Crippen LogP contribution >= 0.6 is 0 Å². The summed E-state index contributed by atoms with van der Waals surface area (Å²) < 4.78 is 33.4. The van der Waals surface area contributed by atoms with E-state index < -0.39 is 15.1 Å². The largest absolute Gasteiger partial charge is 0.494 e. The van der Waals surface area contributed by atoms with Crippen LogP contribution in [0.2, 0.25) is 0 Å². The lowest BCUT2D eigenvalue weighted by atomic mass is 9.87. The molecular weight excluding hydrogens is 444 g/mol. The number of nitrogens with one attached hydrogen (secondary N) is 2. The highest BCUT2D eigenvalue weighted by Crippen LogP contribution is 2.39. The first-order valence-corrected chi connectivity index (χ1v) is 14.0. The molecule has 0 spiro atoms. The first kappa shape index (κ1) is 23.3. The Labute approximate surface area is 202 Å². The number of benzene rings is 3. The molecule has 5 nitrogen and oxygen atoms in total. The monoisotopic (exact) mass is 478 g/mol. The van der Waals surface area contributed by atoms with Crippen molar-refractivity contribution in [3.8, 4) is 5.75 Å². The zero-order valence-electron chi connectivity index (χ0n) is 19.9. The van der Waals surface area contributed by atoms with E-state index >= 15 is 0 Å². The highest BCUT2D eigenvalue weighted by atomic mass is 32.2. The zero-order chi connectivity index (χ0) is 23.7. The fourth-order valence-corrected chi connectivity index (χ4v) is 7.83. The Bertz CT molecular complexity index is 1240. The highest BCUT2D eigenvalue weighted by Gasteiger charge is 2.56. The molecule has 5 rings (SSSR count). The number of sulfone groups is 1. The molecular formula is C28H34N2O3S. The molecule has 180 valence electrons. The molecule has 2 bridgehead atoms. The predicted molar refractivity (Wildman–Crippen MR) is 137 cm³/mol. The topological polar surface area (TPSA) is 67.4 Å². The molecule has 2 heterocycles. The van der Waals surface area contributed by atoms with E-state index in [1.807, 2.05) is 12.1 Å². The third-order valence-corrected chi connectivity index (χ3v) is 9.65. The Hall–Kier alpha value is -2.41. The number of hydrogen-bond donors (Lipinski definition) is 2. The Kier molecular flexibility index (Phi) is 6.65. The summed E-state index contributed by atoms with van der Waals surface area (Å²) in [6, 6.07) is 21.7. The second-order valence-electron chi connectivity index (χ2n) is 9.78. The molecule has 5 unspecified atom stereocenters. The van der Waals surface area contributed by atoms with Gasteiger partial charge in [0.25, 0.3) is 0 Å². The maximum atomic E-state index is 13.8. The Balaban J connectivity index is 1.35.